The van der Waals surface area contributed by atoms with E-state index >= 15 is 0 Å². The van der Waals surface area contributed by atoms with Gasteiger partial charge in [-0.3, -0.25) is 9.59 Å². The second-order valence-electron chi connectivity index (χ2n) is 7.25. The molecule has 29 heavy (non-hydrogen) atoms. The normalized spacial score (nSPS) is 18.6. The molecule has 1 atom stereocenters. The van der Waals surface area contributed by atoms with Crippen LogP contribution in [0.25, 0.3) is 5.76 Å². The first-order valence-electron chi connectivity index (χ1n) is 9.31. The lowest BCUT2D eigenvalue weighted by Crippen LogP contribution is -2.28. The molecule has 0 saturated carbocycles. The predicted molar refractivity (Wildman–Crippen MR) is 106 cm³/mol. The summed E-state index contributed by atoms with van der Waals surface area (Å²) in [7, 11) is 0. The number of aliphatic hydroxyl groups is 1. The third-order valence-electron chi connectivity index (χ3n) is 5.26. The number of aryl methyl sites for hydroxylation is 3. The Kier molecular flexibility index (Phi) is 4.62. The Labute approximate surface area is 168 Å². The van der Waals surface area contributed by atoms with Gasteiger partial charge in [0.15, 0.2) is 0 Å². The molecule has 1 aliphatic heterocycles. The van der Waals surface area contributed by atoms with E-state index < -0.39 is 17.7 Å². The largest absolute Gasteiger partial charge is 0.507 e. The van der Waals surface area contributed by atoms with Crippen molar-refractivity contribution in [1.82, 2.24) is 4.90 Å². The third kappa shape index (κ3) is 3.27. The van der Waals surface area contributed by atoms with Crippen molar-refractivity contribution in [3.63, 3.8) is 0 Å². The molecule has 1 amide bonds. The maximum absolute atomic E-state index is 12.9. The summed E-state index contributed by atoms with van der Waals surface area (Å²) in [5.74, 6) is -0.0654. The molecule has 1 saturated heterocycles. The van der Waals surface area contributed by atoms with Crippen molar-refractivity contribution in [1.29, 1.82) is 0 Å². The Hall–Kier alpha value is -3.54. The summed E-state index contributed by atoms with van der Waals surface area (Å²) in [5.41, 5.74) is 2.54. The van der Waals surface area contributed by atoms with Gasteiger partial charge in [-0.2, -0.15) is 0 Å². The van der Waals surface area contributed by atoms with Gasteiger partial charge in [0.05, 0.1) is 18.4 Å². The number of carbonyl (C=O) groups excluding carboxylic acids is 2. The molecular formula is C23H21NO5. The minimum atomic E-state index is -0.838. The highest BCUT2D eigenvalue weighted by molar-refractivity contribution is 6.46. The average Bonchev–Trinajstić information content (AvgIpc) is 3.41. The Morgan fingerprint density at radius 3 is 2.48 bits per heavy atom. The smallest absolute Gasteiger partial charge is 0.296 e. The van der Waals surface area contributed by atoms with Crippen LogP contribution >= 0.6 is 0 Å². The van der Waals surface area contributed by atoms with Crippen LogP contribution in [0.2, 0.25) is 0 Å². The van der Waals surface area contributed by atoms with Crippen molar-refractivity contribution in [2.45, 2.75) is 33.4 Å². The van der Waals surface area contributed by atoms with E-state index in [1.54, 1.807) is 43.3 Å². The summed E-state index contributed by atoms with van der Waals surface area (Å²) in [6, 6.07) is 11.5. The Balaban J connectivity index is 1.87. The molecule has 1 fully saturated rings. The van der Waals surface area contributed by atoms with E-state index in [1.807, 2.05) is 19.9 Å². The van der Waals surface area contributed by atoms with Crippen LogP contribution in [0.5, 0.6) is 0 Å². The van der Waals surface area contributed by atoms with Gasteiger partial charge < -0.3 is 18.8 Å². The van der Waals surface area contributed by atoms with Crippen LogP contribution in [0, 0.1) is 20.8 Å². The van der Waals surface area contributed by atoms with Crippen molar-refractivity contribution in [2.24, 2.45) is 0 Å². The fourth-order valence-corrected chi connectivity index (χ4v) is 3.55. The maximum atomic E-state index is 12.9. The van der Waals surface area contributed by atoms with Crippen LogP contribution < -0.4 is 0 Å². The number of rotatable bonds is 4. The lowest BCUT2D eigenvalue weighted by Gasteiger charge is -2.22. The van der Waals surface area contributed by atoms with Gasteiger partial charge >= 0.3 is 0 Å². The predicted octanol–water partition coefficient (Wildman–Crippen LogP) is 4.42. The standard InChI is InChI=1S/C23H21NO5/c1-13-6-8-16(11-14(13)2)21(25)19-20(18-9-7-15(3)29-18)24(23(27)22(19)26)12-17-5-4-10-28-17/h4-11,20,25H,12H2,1-3H3/b21-19-. The zero-order valence-corrected chi connectivity index (χ0v) is 16.4. The number of likely N-dealkylation sites (tertiary alicyclic amines) is 1. The number of amides is 1. The highest BCUT2D eigenvalue weighted by Crippen LogP contribution is 2.41. The van der Waals surface area contributed by atoms with Crippen LogP contribution in [-0.4, -0.2) is 21.7 Å². The molecule has 0 radical (unpaired) electrons. The molecule has 6 nitrogen and oxygen atoms in total. The average molecular weight is 391 g/mol. The van der Waals surface area contributed by atoms with Crippen molar-refractivity contribution in [2.75, 3.05) is 0 Å². The Bertz CT molecular complexity index is 1120. The summed E-state index contributed by atoms with van der Waals surface area (Å²) >= 11 is 0. The quantitative estimate of drug-likeness (QED) is 0.404. The minimum Gasteiger partial charge on any atom is -0.507 e. The van der Waals surface area contributed by atoms with Crippen molar-refractivity contribution in [3.05, 3.63) is 88.3 Å². The van der Waals surface area contributed by atoms with Crippen molar-refractivity contribution in [3.8, 4) is 0 Å². The number of benzene rings is 1. The Morgan fingerprint density at radius 2 is 1.86 bits per heavy atom. The zero-order valence-electron chi connectivity index (χ0n) is 16.4. The van der Waals surface area contributed by atoms with Crippen LogP contribution in [0.15, 0.2) is 63.1 Å². The van der Waals surface area contributed by atoms with Crippen LogP contribution in [-0.2, 0) is 16.1 Å². The first-order chi connectivity index (χ1) is 13.9. The molecular weight excluding hydrogens is 370 g/mol. The SMILES string of the molecule is Cc1ccc(C2/C(=C(/O)c3ccc(C)c(C)c3)C(=O)C(=O)N2Cc2ccco2)o1. The molecule has 6 heteroatoms. The molecule has 1 N–H and O–H groups in total. The van der Waals surface area contributed by atoms with Crippen molar-refractivity contribution >= 4 is 17.4 Å². The number of nitrogens with zero attached hydrogens (tertiary/aromatic N) is 1. The molecule has 148 valence electrons. The number of furan rings is 2. The van der Waals surface area contributed by atoms with Crippen LogP contribution in [0.3, 0.4) is 0 Å². The minimum absolute atomic E-state index is 0.0131. The molecule has 3 aromatic rings. The summed E-state index contributed by atoms with van der Waals surface area (Å²) in [6.07, 6.45) is 1.51. The number of ketones is 1. The molecule has 3 heterocycles. The van der Waals surface area contributed by atoms with Gasteiger partial charge in [0, 0.05) is 5.56 Å². The Morgan fingerprint density at radius 1 is 1.07 bits per heavy atom. The molecule has 1 aliphatic rings. The molecule has 0 bridgehead atoms. The number of hydrogen-bond donors (Lipinski definition) is 1. The monoisotopic (exact) mass is 391 g/mol. The molecule has 0 spiro atoms. The van der Waals surface area contributed by atoms with Crippen molar-refractivity contribution < 1.29 is 23.5 Å². The molecule has 2 aromatic heterocycles. The number of carbonyl (C=O) groups is 2. The van der Waals surface area contributed by atoms with Crippen LogP contribution in [0.4, 0.5) is 0 Å². The van der Waals surface area contributed by atoms with E-state index in [9.17, 15) is 14.7 Å². The fourth-order valence-electron chi connectivity index (χ4n) is 3.55. The maximum Gasteiger partial charge on any atom is 0.296 e. The van der Waals surface area contributed by atoms with Gasteiger partial charge in [-0.05, 0) is 62.2 Å². The van der Waals surface area contributed by atoms with Gasteiger partial charge in [-0.25, -0.2) is 0 Å². The number of Topliss-reactive ketones (excluding diaryl/α,β-unsaturated/α-hetero) is 1. The van der Waals surface area contributed by atoms with E-state index in [-0.39, 0.29) is 17.9 Å². The molecule has 4 rings (SSSR count). The lowest BCUT2D eigenvalue weighted by atomic mass is 9.97. The fraction of sp³-hybridized carbons (Fsp3) is 0.217. The summed E-state index contributed by atoms with van der Waals surface area (Å²) < 4.78 is 11.1. The van der Waals surface area contributed by atoms with E-state index in [4.69, 9.17) is 8.83 Å². The van der Waals surface area contributed by atoms with Gasteiger partial charge in [-0.15, -0.1) is 0 Å². The second-order valence-corrected chi connectivity index (χ2v) is 7.25. The summed E-state index contributed by atoms with van der Waals surface area (Å²) in [5, 5.41) is 11.0. The third-order valence-corrected chi connectivity index (χ3v) is 5.26. The molecule has 1 aromatic carbocycles. The topological polar surface area (TPSA) is 83.9 Å². The molecule has 0 aliphatic carbocycles. The first-order valence-corrected chi connectivity index (χ1v) is 9.31. The van der Waals surface area contributed by atoms with E-state index in [1.165, 1.54) is 11.2 Å². The van der Waals surface area contributed by atoms with E-state index in [0.29, 0.717) is 22.8 Å². The zero-order chi connectivity index (χ0) is 20.7. The summed E-state index contributed by atoms with van der Waals surface area (Å²) in [4.78, 5) is 27.1. The van der Waals surface area contributed by atoms with Gasteiger partial charge in [-0.1, -0.05) is 12.1 Å². The van der Waals surface area contributed by atoms with Gasteiger partial charge in [0.25, 0.3) is 11.7 Å². The van der Waals surface area contributed by atoms with Gasteiger partial charge in [0.1, 0.15) is 29.1 Å². The number of hydrogen-bond acceptors (Lipinski definition) is 5. The lowest BCUT2D eigenvalue weighted by molar-refractivity contribution is -0.140. The number of aliphatic hydroxyl groups excluding tert-OH is 1. The summed E-state index contributed by atoms with van der Waals surface area (Å²) in [6.45, 7) is 5.76. The highest BCUT2D eigenvalue weighted by atomic mass is 16.3. The van der Waals surface area contributed by atoms with E-state index in [0.717, 1.165) is 11.1 Å². The molecule has 1 unspecified atom stereocenters. The van der Waals surface area contributed by atoms with Gasteiger partial charge in [0.2, 0.25) is 0 Å². The first kappa shape index (κ1) is 18.8. The second kappa shape index (κ2) is 7.13. The van der Waals surface area contributed by atoms with Crippen LogP contribution in [0.1, 0.15) is 40.0 Å². The van der Waals surface area contributed by atoms with E-state index in [2.05, 4.69) is 0 Å². The highest BCUT2D eigenvalue weighted by Gasteiger charge is 2.47.